The van der Waals surface area contributed by atoms with Gasteiger partial charge in [0.1, 0.15) is 0 Å². The maximum absolute atomic E-state index is 3.66. The number of nitrogens with zero attached hydrogens (tertiary/aromatic N) is 1. The van der Waals surface area contributed by atoms with Gasteiger partial charge >= 0.3 is 0 Å². The van der Waals surface area contributed by atoms with E-state index in [0.29, 0.717) is 6.04 Å². The number of rotatable bonds is 2. The topological polar surface area (TPSA) is 27.3 Å². The molecular formula is C13H18IN3. The molecule has 3 nitrogen and oxygen atoms in total. The van der Waals surface area contributed by atoms with Gasteiger partial charge < -0.3 is 10.6 Å². The normalized spacial score (nSPS) is 21.5. The maximum atomic E-state index is 3.66. The average Bonchev–Trinajstić information content (AvgIpc) is 2.70. The summed E-state index contributed by atoms with van der Waals surface area (Å²) >= 11 is 2.40. The molecule has 92 valence electrons. The zero-order valence-corrected chi connectivity index (χ0v) is 12.0. The van der Waals surface area contributed by atoms with Gasteiger partial charge in [-0.3, -0.25) is 0 Å². The summed E-state index contributed by atoms with van der Waals surface area (Å²) in [7, 11) is 0. The molecule has 0 aliphatic carbocycles. The van der Waals surface area contributed by atoms with Crippen molar-refractivity contribution in [1.82, 2.24) is 8.43 Å². The van der Waals surface area contributed by atoms with Crippen LogP contribution < -0.4 is 10.6 Å². The van der Waals surface area contributed by atoms with E-state index in [0.717, 1.165) is 26.2 Å². The SMILES string of the molecule is IN1Cc2ccc(NC3CCNCC3)cc2C1. The molecule has 17 heavy (non-hydrogen) atoms. The van der Waals surface area contributed by atoms with E-state index in [4.69, 9.17) is 0 Å². The Balaban J connectivity index is 1.69. The summed E-state index contributed by atoms with van der Waals surface area (Å²) in [6, 6.07) is 7.48. The molecule has 0 radical (unpaired) electrons. The third-order valence-corrected chi connectivity index (χ3v) is 4.28. The van der Waals surface area contributed by atoms with Crippen LogP contribution in [0.4, 0.5) is 5.69 Å². The molecule has 1 aromatic rings. The molecule has 2 aliphatic heterocycles. The molecule has 0 atom stereocenters. The molecule has 1 aromatic carbocycles. The first-order valence-electron chi connectivity index (χ1n) is 6.31. The zero-order valence-electron chi connectivity index (χ0n) is 9.88. The number of fused-ring (bicyclic) bond motifs is 1. The van der Waals surface area contributed by atoms with Crippen molar-refractivity contribution in [2.75, 3.05) is 18.4 Å². The molecule has 0 saturated carbocycles. The summed E-state index contributed by atoms with van der Waals surface area (Å²) in [5.41, 5.74) is 4.26. The number of hydrogen-bond acceptors (Lipinski definition) is 3. The summed E-state index contributed by atoms with van der Waals surface area (Å²) < 4.78 is 2.33. The molecule has 1 saturated heterocycles. The molecule has 0 spiro atoms. The third-order valence-electron chi connectivity index (χ3n) is 3.60. The summed E-state index contributed by atoms with van der Waals surface area (Å²) in [4.78, 5) is 0. The lowest BCUT2D eigenvalue weighted by Crippen LogP contribution is -2.35. The lowest BCUT2D eigenvalue weighted by atomic mass is 10.1. The van der Waals surface area contributed by atoms with Crippen molar-refractivity contribution in [2.45, 2.75) is 32.0 Å². The Labute approximate surface area is 116 Å². The Hall–Kier alpha value is -0.330. The fourth-order valence-corrected chi connectivity index (χ4v) is 3.38. The van der Waals surface area contributed by atoms with Gasteiger partial charge in [-0.1, -0.05) is 6.07 Å². The molecule has 3 rings (SSSR count). The van der Waals surface area contributed by atoms with E-state index >= 15 is 0 Å². The minimum absolute atomic E-state index is 0.645. The van der Waals surface area contributed by atoms with Gasteiger partial charge in [-0.25, -0.2) is 3.11 Å². The van der Waals surface area contributed by atoms with Gasteiger partial charge in [0, 0.05) is 47.7 Å². The molecule has 2 aliphatic rings. The van der Waals surface area contributed by atoms with Gasteiger partial charge in [0.15, 0.2) is 0 Å². The van der Waals surface area contributed by atoms with Gasteiger partial charge in [0.25, 0.3) is 0 Å². The van der Waals surface area contributed by atoms with Gasteiger partial charge in [0.05, 0.1) is 0 Å². The molecule has 1 fully saturated rings. The molecular weight excluding hydrogens is 325 g/mol. The fourth-order valence-electron chi connectivity index (χ4n) is 2.64. The quantitative estimate of drug-likeness (QED) is 0.638. The Morgan fingerprint density at radius 3 is 2.76 bits per heavy atom. The van der Waals surface area contributed by atoms with Crippen molar-refractivity contribution in [3.8, 4) is 0 Å². The van der Waals surface area contributed by atoms with Gasteiger partial charge in [0.2, 0.25) is 0 Å². The summed E-state index contributed by atoms with van der Waals surface area (Å²) in [6.07, 6.45) is 2.46. The second kappa shape index (κ2) is 5.12. The van der Waals surface area contributed by atoms with Gasteiger partial charge in [-0.15, -0.1) is 0 Å². The highest BCUT2D eigenvalue weighted by atomic mass is 127. The van der Waals surface area contributed by atoms with E-state index in [-0.39, 0.29) is 0 Å². The monoisotopic (exact) mass is 343 g/mol. The Morgan fingerprint density at radius 2 is 1.94 bits per heavy atom. The lowest BCUT2D eigenvalue weighted by Gasteiger charge is -2.24. The molecule has 0 amide bonds. The second-order valence-electron chi connectivity index (χ2n) is 4.93. The minimum atomic E-state index is 0.645. The van der Waals surface area contributed by atoms with Gasteiger partial charge in [-0.05, 0) is 49.2 Å². The van der Waals surface area contributed by atoms with Crippen molar-refractivity contribution in [1.29, 1.82) is 0 Å². The first kappa shape index (κ1) is 11.7. The van der Waals surface area contributed by atoms with Crippen molar-refractivity contribution in [3.05, 3.63) is 29.3 Å². The van der Waals surface area contributed by atoms with E-state index in [1.165, 1.54) is 29.7 Å². The van der Waals surface area contributed by atoms with Crippen molar-refractivity contribution >= 4 is 28.6 Å². The number of piperidine rings is 1. The van der Waals surface area contributed by atoms with Crippen LogP contribution in [0.1, 0.15) is 24.0 Å². The number of anilines is 1. The van der Waals surface area contributed by atoms with E-state index in [2.05, 4.69) is 54.8 Å². The van der Waals surface area contributed by atoms with E-state index in [9.17, 15) is 0 Å². The summed E-state index contributed by atoms with van der Waals surface area (Å²) in [6.45, 7) is 4.45. The number of benzene rings is 1. The first-order valence-corrected chi connectivity index (χ1v) is 7.27. The van der Waals surface area contributed by atoms with Crippen LogP contribution in [0.2, 0.25) is 0 Å². The van der Waals surface area contributed by atoms with Crippen LogP contribution in [0, 0.1) is 0 Å². The lowest BCUT2D eigenvalue weighted by molar-refractivity contribution is 0.479. The van der Waals surface area contributed by atoms with Crippen LogP contribution >= 0.6 is 22.9 Å². The standard InChI is InChI=1S/C13H18IN3/c14-17-8-10-1-2-13(7-11(10)9-17)16-12-3-5-15-6-4-12/h1-2,7,12,15-16H,3-6,8-9H2. The Bertz CT molecular complexity index is 402. The van der Waals surface area contributed by atoms with Gasteiger partial charge in [-0.2, -0.15) is 0 Å². The molecule has 2 heterocycles. The zero-order chi connectivity index (χ0) is 11.7. The highest BCUT2D eigenvalue weighted by Crippen LogP contribution is 2.28. The van der Waals surface area contributed by atoms with Crippen molar-refractivity contribution in [3.63, 3.8) is 0 Å². The molecule has 0 unspecified atom stereocenters. The molecule has 0 bridgehead atoms. The van der Waals surface area contributed by atoms with E-state index in [1.807, 2.05) is 0 Å². The Kier molecular flexibility index (Phi) is 3.54. The third kappa shape index (κ3) is 2.74. The first-order chi connectivity index (χ1) is 8.31. The second-order valence-corrected chi connectivity index (χ2v) is 6.30. The number of hydrogen-bond donors (Lipinski definition) is 2. The Morgan fingerprint density at radius 1 is 1.18 bits per heavy atom. The number of nitrogens with one attached hydrogen (secondary N) is 2. The average molecular weight is 343 g/mol. The molecule has 0 aromatic heterocycles. The molecule has 2 N–H and O–H groups in total. The van der Waals surface area contributed by atoms with Crippen LogP contribution in [0.5, 0.6) is 0 Å². The largest absolute Gasteiger partial charge is 0.382 e. The maximum Gasteiger partial charge on any atom is 0.0345 e. The van der Waals surface area contributed by atoms with Crippen molar-refractivity contribution < 1.29 is 0 Å². The molecule has 4 heteroatoms. The fraction of sp³-hybridized carbons (Fsp3) is 0.538. The predicted octanol–water partition coefficient (Wildman–Crippen LogP) is 2.52. The van der Waals surface area contributed by atoms with E-state index in [1.54, 1.807) is 0 Å². The highest BCUT2D eigenvalue weighted by molar-refractivity contribution is 14.1. The van der Waals surface area contributed by atoms with E-state index < -0.39 is 0 Å². The summed E-state index contributed by atoms with van der Waals surface area (Å²) in [5, 5.41) is 7.06. The van der Waals surface area contributed by atoms with Crippen LogP contribution in [-0.4, -0.2) is 22.2 Å². The summed E-state index contributed by atoms with van der Waals surface area (Å²) in [5.74, 6) is 0. The minimum Gasteiger partial charge on any atom is -0.382 e. The van der Waals surface area contributed by atoms with Crippen LogP contribution in [-0.2, 0) is 13.1 Å². The highest BCUT2D eigenvalue weighted by Gasteiger charge is 2.18. The number of halogens is 1. The van der Waals surface area contributed by atoms with Crippen LogP contribution in [0.25, 0.3) is 0 Å². The smallest absolute Gasteiger partial charge is 0.0345 e. The van der Waals surface area contributed by atoms with Crippen LogP contribution in [0.3, 0.4) is 0 Å². The van der Waals surface area contributed by atoms with Crippen LogP contribution in [0.15, 0.2) is 18.2 Å². The van der Waals surface area contributed by atoms with Crippen molar-refractivity contribution in [2.24, 2.45) is 0 Å². The predicted molar refractivity (Wildman–Crippen MR) is 79.2 cm³/mol.